The maximum absolute atomic E-state index is 9.70. The number of rotatable bonds is 2. The van der Waals surface area contributed by atoms with Crippen molar-refractivity contribution >= 4 is 12.2 Å². The summed E-state index contributed by atoms with van der Waals surface area (Å²) in [6.45, 7) is 3.69. The quantitative estimate of drug-likeness (QED) is 0.719. The molecule has 0 heterocycles. The topological polar surface area (TPSA) is 60.7 Å². The van der Waals surface area contributed by atoms with Crippen LogP contribution in [0.5, 0.6) is 17.2 Å². The molecule has 3 heteroatoms. The Kier molecular flexibility index (Phi) is 3.47. The molecule has 0 fully saturated rings. The number of hydrogen-bond acceptors (Lipinski definition) is 3. The standard InChI is InChI=1S/C16H16O3/c1-10-5-12(6-11(2)16(10)19)3-4-13-7-14(17)9-15(18)8-13/h3-9,17-19H,1-2H3/b4-3+. The zero-order valence-corrected chi connectivity index (χ0v) is 10.9. The maximum Gasteiger partial charge on any atom is 0.121 e. The molecule has 0 unspecified atom stereocenters. The first-order valence-electron chi connectivity index (χ1n) is 5.97. The Morgan fingerprint density at radius 2 is 1.11 bits per heavy atom. The van der Waals surface area contributed by atoms with Crippen molar-refractivity contribution in [1.82, 2.24) is 0 Å². The van der Waals surface area contributed by atoms with Gasteiger partial charge in [-0.15, -0.1) is 0 Å². The number of phenols is 3. The van der Waals surface area contributed by atoms with Crippen molar-refractivity contribution in [2.24, 2.45) is 0 Å². The van der Waals surface area contributed by atoms with Crippen molar-refractivity contribution in [2.45, 2.75) is 13.8 Å². The van der Waals surface area contributed by atoms with Gasteiger partial charge in [-0.05, 0) is 60.4 Å². The molecule has 0 atom stereocenters. The van der Waals surface area contributed by atoms with Crippen LogP contribution in [0.4, 0.5) is 0 Å². The van der Waals surface area contributed by atoms with Crippen LogP contribution in [0.3, 0.4) is 0 Å². The molecule has 2 rings (SSSR count). The molecule has 0 aliphatic rings. The molecule has 3 N–H and O–H groups in total. The molecule has 2 aromatic carbocycles. The number of aromatic hydroxyl groups is 3. The molecule has 0 amide bonds. The Bertz CT molecular complexity index is 599. The molecule has 0 aromatic heterocycles. The predicted octanol–water partition coefficient (Wildman–Crippen LogP) is 3.59. The van der Waals surface area contributed by atoms with E-state index in [1.165, 1.54) is 6.07 Å². The van der Waals surface area contributed by atoms with Crippen molar-refractivity contribution in [2.75, 3.05) is 0 Å². The Labute approximate surface area is 112 Å². The zero-order valence-electron chi connectivity index (χ0n) is 10.9. The third kappa shape index (κ3) is 3.07. The maximum atomic E-state index is 9.70. The highest BCUT2D eigenvalue weighted by Gasteiger charge is 2.01. The lowest BCUT2D eigenvalue weighted by Crippen LogP contribution is -1.83. The average Bonchev–Trinajstić information content (AvgIpc) is 2.32. The summed E-state index contributed by atoms with van der Waals surface area (Å²) < 4.78 is 0. The summed E-state index contributed by atoms with van der Waals surface area (Å²) in [5.41, 5.74) is 3.30. The highest BCUT2D eigenvalue weighted by atomic mass is 16.3. The van der Waals surface area contributed by atoms with Gasteiger partial charge in [-0.2, -0.15) is 0 Å². The fourth-order valence-electron chi connectivity index (χ4n) is 1.99. The number of benzene rings is 2. The Morgan fingerprint density at radius 3 is 1.58 bits per heavy atom. The van der Waals surface area contributed by atoms with Crippen LogP contribution in [0.1, 0.15) is 22.3 Å². The zero-order chi connectivity index (χ0) is 14.0. The minimum absolute atomic E-state index is 0.0257. The van der Waals surface area contributed by atoms with Gasteiger partial charge < -0.3 is 15.3 Å². The van der Waals surface area contributed by atoms with Gasteiger partial charge in [-0.1, -0.05) is 12.2 Å². The summed E-state index contributed by atoms with van der Waals surface area (Å²) in [6, 6.07) is 8.17. The first-order valence-corrected chi connectivity index (χ1v) is 5.97. The van der Waals surface area contributed by atoms with Crippen LogP contribution in [-0.4, -0.2) is 15.3 Å². The lowest BCUT2D eigenvalue weighted by atomic mass is 10.0. The van der Waals surface area contributed by atoms with Gasteiger partial charge in [0.2, 0.25) is 0 Å². The molecule has 0 saturated heterocycles. The van der Waals surface area contributed by atoms with Crippen molar-refractivity contribution in [3.05, 3.63) is 52.6 Å². The fourth-order valence-corrected chi connectivity index (χ4v) is 1.99. The Balaban J connectivity index is 2.32. The van der Waals surface area contributed by atoms with Gasteiger partial charge in [-0.3, -0.25) is 0 Å². The summed E-state index contributed by atoms with van der Waals surface area (Å²) >= 11 is 0. The average molecular weight is 256 g/mol. The van der Waals surface area contributed by atoms with Gasteiger partial charge >= 0.3 is 0 Å². The SMILES string of the molecule is Cc1cc(/C=C/c2cc(O)cc(O)c2)cc(C)c1O. The van der Waals surface area contributed by atoms with Crippen molar-refractivity contribution in [3.8, 4) is 17.2 Å². The van der Waals surface area contributed by atoms with Gasteiger partial charge in [0.1, 0.15) is 17.2 Å². The van der Waals surface area contributed by atoms with Gasteiger partial charge in [0.25, 0.3) is 0 Å². The molecule has 3 nitrogen and oxygen atoms in total. The van der Waals surface area contributed by atoms with E-state index in [0.717, 1.165) is 16.7 Å². The van der Waals surface area contributed by atoms with E-state index in [9.17, 15) is 15.3 Å². The molecule has 0 bridgehead atoms. The third-order valence-corrected chi connectivity index (χ3v) is 2.91. The van der Waals surface area contributed by atoms with E-state index in [1.807, 2.05) is 32.1 Å². The van der Waals surface area contributed by atoms with Crippen LogP contribution in [0, 0.1) is 13.8 Å². The molecule has 0 radical (unpaired) electrons. The minimum atomic E-state index is 0.0257. The van der Waals surface area contributed by atoms with E-state index in [1.54, 1.807) is 18.2 Å². The second-order valence-corrected chi connectivity index (χ2v) is 4.62. The van der Waals surface area contributed by atoms with Crippen LogP contribution in [0.2, 0.25) is 0 Å². The summed E-state index contributed by atoms with van der Waals surface area (Å²) in [4.78, 5) is 0. The first-order chi connectivity index (χ1) is 8.95. The van der Waals surface area contributed by atoms with Gasteiger partial charge in [0.05, 0.1) is 0 Å². The van der Waals surface area contributed by atoms with Crippen LogP contribution < -0.4 is 0 Å². The second-order valence-electron chi connectivity index (χ2n) is 4.62. The van der Waals surface area contributed by atoms with Crippen molar-refractivity contribution < 1.29 is 15.3 Å². The predicted molar refractivity (Wildman–Crippen MR) is 76.3 cm³/mol. The second kappa shape index (κ2) is 5.06. The molecule has 2 aromatic rings. The molecule has 98 valence electrons. The third-order valence-electron chi connectivity index (χ3n) is 2.91. The lowest BCUT2D eigenvalue weighted by Gasteiger charge is -2.05. The van der Waals surface area contributed by atoms with Gasteiger partial charge in [0.15, 0.2) is 0 Å². The summed E-state index contributed by atoms with van der Waals surface area (Å²) in [6.07, 6.45) is 3.67. The molecular weight excluding hydrogens is 240 g/mol. The number of aryl methyl sites for hydroxylation is 2. The Hall–Kier alpha value is -2.42. The smallest absolute Gasteiger partial charge is 0.121 e. The molecule has 0 aliphatic carbocycles. The number of phenolic OH excluding ortho intramolecular Hbond substituents is 3. The molecular formula is C16H16O3. The van der Waals surface area contributed by atoms with E-state index < -0.39 is 0 Å². The molecule has 19 heavy (non-hydrogen) atoms. The van der Waals surface area contributed by atoms with E-state index in [0.29, 0.717) is 11.3 Å². The van der Waals surface area contributed by atoms with Gasteiger partial charge in [0, 0.05) is 6.07 Å². The summed E-state index contributed by atoms with van der Waals surface area (Å²) in [5.74, 6) is 0.364. The minimum Gasteiger partial charge on any atom is -0.508 e. The highest BCUT2D eigenvalue weighted by Crippen LogP contribution is 2.25. The summed E-state index contributed by atoms with van der Waals surface area (Å²) in [7, 11) is 0. The molecule has 0 aliphatic heterocycles. The largest absolute Gasteiger partial charge is 0.508 e. The first kappa shape index (κ1) is 13.0. The molecule has 0 saturated carbocycles. The van der Waals surface area contributed by atoms with E-state index in [4.69, 9.17) is 0 Å². The van der Waals surface area contributed by atoms with Crippen LogP contribution in [0.25, 0.3) is 12.2 Å². The fraction of sp³-hybridized carbons (Fsp3) is 0.125. The molecule has 0 spiro atoms. The highest BCUT2D eigenvalue weighted by molar-refractivity contribution is 5.72. The van der Waals surface area contributed by atoms with Crippen molar-refractivity contribution in [3.63, 3.8) is 0 Å². The van der Waals surface area contributed by atoms with E-state index in [2.05, 4.69) is 0 Å². The lowest BCUT2D eigenvalue weighted by molar-refractivity contribution is 0.450. The van der Waals surface area contributed by atoms with Crippen LogP contribution >= 0.6 is 0 Å². The normalized spacial score (nSPS) is 11.1. The number of hydrogen-bond donors (Lipinski definition) is 3. The van der Waals surface area contributed by atoms with Crippen LogP contribution in [-0.2, 0) is 0 Å². The van der Waals surface area contributed by atoms with Gasteiger partial charge in [-0.25, -0.2) is 0 Å². The van der Waals surface area contributed by atoms with Crippen molar-refractivity contribution in [1.29, 1.82) is 0 Å². The van der Waals surface area contributed by atoms with E-state index >= 15 is 0 Å². The van der Waals surface area contributed by atoms with Crippen LogP contribution in [0.15, 0.2) is 30.3 Å². The Morgan fingerprint density at radius 1 is 0.684 bits per heavy atom. The van der Waals surface area contributed by atoms with E-state index in [-0.39, 0.29) is 11.5 Å². The summed E-state index contributed by atoms with van der Waals surface area (Å²) in [5, 5.41) is 28.5. The monoisotopic (exact) mass is 256 g/mol.